The number of hydrogen-bond acceptors (Lipinski definition) is 3. The van der Waals surface area contributed by atoms with E-state index in [0.717, 1.165) is 5.56 Å². The topological polar surface area (TPSA) is 55.4 Å². The molecule has 1 N–H and O–H groups in total. The molecule has 2 rings (SSSR count). The molecule has 1 heterocycles. The lowest BCUT2D eigenvalue weighted by atomic mass is 9.85. The maximum atomic E-state index is 13.1. The van der Waals surface area contributed by atoms with Gasteiger partial charge in [0.05, 0.1) is 18.4 Å². The van der Waals surface area contributed by atoms with E-state index < -0.39 is 24.1 Å². The summed E-state index contributed by atoms with van der Waals surface area (Å²) < 4.78 is 18.2. The molecule has 5 heteroatoms. The van der Waals surface area contributed by atoms with E-state index in [9.17, 15) is 14.0 Å². The van der Waals surface area contributed by atoms with Crippen molar-refractivity contribution in [2.45, 2.75) is 32.2 Å². The Kier molecular flexibility index (Phi) is 4.14. The van der Waals surface area contributed by atoms with E-state index in [4.69, 9.17) is 4.74 Å². The quantitative estimate of drug-likeness (QED) is 0.650. The summed E-state index contributed by atoms with van der Waals surface area (Å²) in [5.41, 5.74) is 0.893. The summed E-state index contributed by atoms with van der Waals surface area (Å²) in [7, 11) is 0. The lowest BCUT2D eigenvalue weighted by Gasteiger charge is -2.36. The predicted molar refractivity (Wildman–Crippen MR) is 66.8 cm³/mol. The molecule has 1 fully saturated rings. The molecule has 1 amide bonds. The van der Waals surface area contributed by atoms with Crippen LogP contribution in [0.25, 0.3) is 0 Å². The molecule has 0 aliphatic carbocycles. The van der Waals surface area contributed by atoms with Crippen LogP contribution in [0.3, 0.4) is 0 Å². The molecule has 1 aromatic carbocycles. The standard InChI is InChI=1S/C14H16FNO3/c1-9(15)13-11(16-14(13)18)7-12(17)19-8-10-5-3-2-4-6-10/h2-6,9,11,13H,7-8H2,1H3,(H,16,18)/t9-,11-,13-/m1/s1. The summed E-state index contributed by atoms with van der Waals surface area (Å²) >= 11 is 0. The normalized spacial score (nSPS) is 23.2. The van der Waals surface area contributed by atoms with Crippen LogP contribution in [0.1, 0.15) is 18.9 Å². The van der Waals surface area contributed by atoms with Crippen LogP contribution in [-0.4, -0.2) is 24.1 Å². The Morgan fingerprint density at radius 3 is 2.68 bits per heavy atom. The SMILES string of the molecule is C[C@@H](F)[C@H]1C(=O)N[C@@H]1CC(=O)OCc1ccccc1. The number of carbonyl (C=O) groups is 2. The minimum Gasteiger partial charge on any atom is -0.461 e. The van der Waals surface area contributed by atoms with Crippen LogP contribution in [0, 0.1) is 5.92 Å². The Labute approximate surface area is 110 Å². The maximum absolute atomic E-state index is 13.1. The Bertz CT molecular complexity index is 461. The number of hydrogen-bond donors (Lipinski definition) is 1. The summed E-state index contributed by atoms with van der Waals surface area (Å²) in [5, 5.41) is 2.52. The summed E-state index contributed by atoms with van der Waals surface area (Å²) in [4.78, 5) is 22.7. The van der Waals surface area contributed by atoms with Gasteiger partial charge in [-0.15, -0.1) is 0 Å². The second-order valence-corrected chi connectivity index (χ2v) is 4.67. The fraction of sp³-hybridized carbons (Fsp3) is 0.429. The van der Waals surface area contributed by atoms with Gasteiger partial charge >= 0.3 is 5.97 Å². The van der Waals surface area contributed by atoms with E-state index in [1.165, 1.54) is 6.92 Å². The highest BCUT2D eigenvalue weighted by atomic mass is 19.1. The Morgan fingerprint density at radius 1 is 1.42 bits per heavy atom. The van der Waals surface area contributed by atoms with Gasteiger partial charge < -0.3 is 10.1 Å². The van der Waals surface area contributed by atoms with Crippen molar-refractivity contribution in [2.75, 3.05) is 0 Å². The van der Waals surface area contributed by atoms with Crippen LogP contribution in [0.2, 0.25) is 0 Å². The number of nitrogens with one attached hydrogen (secondary N) is 1. The molecule has 1 saturated heterocycles. The third kappa shape index (κ3) is 3.30. The molecule has 4 nitrogen and oxygen atoms in total. The zero-order chi connectivity index (χ0) is 13.8. The number of β-lactam (4-membered cyclic amide) rings is 1. The molecular formula is C14H16FNO3. The highest BCUT2D eigenvalue weighted by molar-refractivity contribution is 5.88. The lowest BCUT2D eigenvalue weighted by Crippen LogP contribution is -2.61. The minimum atomic E-state index is -1.25. The van der Waals surface area contributed by atoms with Crippen molar-refractivity contribution in [3.63, 3.8) is 0 Å². The molecule has 3 atom stereocenters. The molecule has 0 saturated carbocycles. The first kappa shape index (κ1) is 13.5. The molecule has 19 heavy (non-hydrogen) atoms. The molecule has 0 aromatic heterocycles. The lowest BCUT2D eigenvalue weighted by molar-refractivity contribution is -0.149. The van der Waals surface area contributed by atoms with Gasteiger partial charge in [-0.05, 0) is 12.5 Å². The number of ether oxygens (including phenoxy) is 1. The first-order valence-electron chi connectivity index (χ1n) is 6.22. The summed E-state index contributed by atoms with van der Waals surface area (Å²) in [6.45, 7) is 1.52. The second-order valence-electron chi connectivity index (χ2n) is 4.67. The summed E-state index contributed by atoms with van der Waals surface area (Å²) in [5.74, 6) is -1.50. The summed E-state index contributed by atoms with van der Waals surface area (Å²) in [6, 6.07) is 8.85. The van der Waals surface area contributed by atoms with Gasteiger partial charge in [0.25, 0.3) is 0 Å². The number of carbonyl (C=O) groups excluding carboxylic acids is 2. The minimum absolute atomic E-state index is 0.0114. The fourth-order valence-electron chi connectivity index (χ4n) is 2.14. The highest BCUT2D eigenvalue weighted by Crippen LogP contribution is 2.24. The molecule has 0 unspecified atom stereocenters. The van der Waals surface area contributed by atoms with Crippen LogP contribution < -0.4 is 5.32 Å². The number of halogens is 1. The van der Waals surface area contributed by atoms with Gasteiger partial charge in [-0.25, -0.2) is 4.39 Å². The van der Waals surface area contributed by atoms with Crippen molar-refractivity contribution in [3.05, 3.63) is 35.9 Å². The van der Waals surface area contributed by atoms with E-state index in [2.05, 4.69) is 5.32 Å². The van der Waals surface area contributed by atoms with Gasteiger partial charge in [0, 0.05) is 0 Å². The molecule has 102 valence electrons. The molecule has 0 spiro atoms. The molecular weight excluding hydrogens is 249 g/mol. The second kappa shape index (κ2) is 5.82. The fourth-order valence-corrected chi connectivity index (χ4v) is 2.14. The van der Waals surface area contributed by atoms with Crippen LogP contribution in [0.15, 0.2) is 30.3 Å². The zero-order valence-corrected chi connectivity index (χ0v) is 10.6. The first-order chi connectivity index (χ1) is 9.08. The molecule has 1 aromatic rings. The number of esters is 1. The first-order valence-corrected chi connectivity index (χ1v) is 6.22. The third-order valence-corrected chi connectivity index (χ3v) is 3.19. The van der Waals surface area contributed by atoms with Crippen LogP contribution in [-0.2, 0) is 20.9 Å². The largest absolute Gasteiger partial charge is 0.461 e. The van der Waals surface area contributed by atoms with E-state index in [1.54, 1.807) is 0 Å². The number of alkyl halides is 1. The Morgan fingerprint density at radius 2 is 2.11 bits per heavy atom. The van der Waals surface area contributed by atoms with Crippen LogP contribution >= 0.6 is 0 Å². The number of rotatable bonds is 5. The average molecular weight is 265 g/mol. The summed E-state index contributed by atoms with van der Waals surface area (Å²) in [6.07, 6.45) is -1.24. The van der Waals surface area contributed by atoms with E-state index in [1.807, 2.05) is 30.3 Å². The van der Waals surface area contributed by atoms with Gasteiger partial charge in [0.1, 0.15) is 12.8 Å². The predicted octanol–water partition coefficient (Wildman–Crippen LogP) is 1.59. The van der Waals surface area contributed by atoms with Gasteiger partial charge in [-0.3, -0.25) is 9.59 Å². The zero-order valence-electron chi connectivity index (χ0n) is 10.6. The van der Waals surface area contributed by atoms with Crippen LogP contribution in [0.4, 0.5) is 4.39 Å². The van der Waals surface area contributed by atoms with E-state index in [-0.39, 0.29) is 18.9 Å². The monoisotopic (exact) mass is 265 g/mol. The molecule has 0 radical (unpaired) electrons. The molecule has 1 aliphatic heterocycles. The van der Waals surface area contributed by atoms with E-state index >= 15 is 0 Å². The van der Waals surface area contributed by atoms with Gasteiger partial charge in [-0.1, -0.05) is 30.3 Å². The maximum Gasteiger partial charge on any atom is 0.308 e. The van der Waals surface area contributed by atoms with Crippen molar-refractivity contribution >= 4 is 11.9 Å². The number of amides is 1. The van der Waals surface area contributed by atoms with Crippen molar-refractivity contribution in [1.29, 1.82) is 0 Å². The van der Waals surface area contributed by atoms with Gasteiger partial charge in [0.15, 0.2) is 0 Å². The number of benzene rings is 1. The van der Waals surface area contributed by atoms with Gasteiger partial charge in [-0.2, -0.15) is 0 Å². The van der Waals surface area contributed by atoms with Crippen molar-refractivity contribution in [2.24, 2.45) is 5.92 Å². The smallest absolute Gasteiger partial charge is 0.308 e. The van der Waals surface area contributed by atoms with Crippen molar-refractivity contribution in [1.82, 2.24) is 5.32 Å². The van der Waals surface area contributed by atoms with E-state index in [0.29, 0.717) is 0 Å². The Hall–Kier alpha value is -1.91. The molecule has 1 aliphatic rings. The van der Waals surface area contributed by atoms with Crippen LogP contribution in [0.5, 0.6) is 0 Å². The third-order valence-electron chi connectivity index (χ3n) is 3.19. The van der Waals surface area contributed by atoms with Gasteiger partial charge in [0.2, 0.25) is 5.91 Å². The highest BCUT2D eigenvalue weighted by Gasteiger charge is 2.44. The average Bonchev–Trinajstić information content (AvgIpc) is 2.36. The van der Waals surface area contributed by atoms with Crippen molar-refractivity contribution in [3.8, 4) is 0 Å². The van der Waals surface area contributed by atoms with Crippen molar-refractivity contribution < 1.29 is 18.7 Å². The molecule has 0 bridgehead atoms. The Balaban J connectivity index is 1.78.